The number of rotatable bonds is 4. The van der Waals surface area contributed by atoms with Crippen LogP contribution in [-0.4, -0.2) is 23.5 Å². The van der Waals surface area contributed by atoms with Crippen LogP contribution in [0.1, 0.15) is 29.6 Å². The van der Waals surface area contributed by atoms with E-state index in [0.717, 1.165) is 19.3 Å². The minimum absolute atomic E-state index is 0.0481. The van der Waals surface area contributed by atoms with Gasteiger partial charge in [0.2, 0.25) is 5.91 Å². The predicted molar refractivity (Wildman–Crippen MR) is 87.3 cm³/mol. The number of nitrogens with two attached hydrogens (primary N) is 1. The lowest BCUT2D eigenvalue weighted by Gasteiger charge is -2.19. The molecule has 1 fully saturated rings. The molecule has 1 aliphatic rings. The Kier molecular flexibility index (Phi) is 5.40. The molecule has 0 aromatic heterocycles. The van der Waals surface area contributed by atoms with Crippen molar-refractivity contribution < 1.29 is 14.7 Å². The molecule has 0 saturated heterocycles. The number of hydrogen-bond donors (Lipinski definition) is 3. The van der Waals surface area contributed by atoms with E-state index in [0.29, 0.717) is 21.2 Å². The predicted octanol–water partition coefficient (Wildman–Crippen LogP) is 3.22. The van der Waals surface area contributed by atoms with Crippen LogP contribution in [0.4, 0.5) is 5.69 Å². The Morgan fingerprint density at radius 2 is 2.05 bits per heavy atom. The van der Waals surface area contributed by atoms with Gasteiger partial charge in [0, 0.05) is 14.9 Å². The van der Waals surface area contributed by atoms with Crippen molar-refractivity contribution in [1.29, 1.82) is 0 Å². The van der Waals surface area contributed by atoms with Crippen molar-refractivity contribution in [1.82, 2.24) is 0 Å². The van der Waals surface area contributed by atoms with Gasteiger partial charge in [0.25, 0.3) is 0 Å². The van der Waals surface area contributed by atoms with Crippen LogP contribution < -0.4 is 11.1 Å². The summed E-state index contributed by atoms with van der Waals surface area (Å²) in [4.78, 5) is 23.7. The van der Waals surface area contributed by atoms with Crippen LogP contribution in [0.25, 0.3) is 0 Å². The van der Waals surface area contributed by atoms with E-state index in [-0.39, 0.29) is 23.3 Å². The van der Waals surface area contributed by atoms with Gasteiger partial charge in [-0.3, -0.25) is 4.79 Å². The van der Waals surface area contributed by atoms with E-state index in [9.17, 15) is 14.7 Å². The molecule has 0 bridgehead atoms. The maximum atomic E-state index is 12.4. The van der Waals surface area contributed by atoms with Gasteiger partial charge in [-0.1, -0.05) is 22.4 Å². The van der Waals surface area contributed by atoms with Crippen LogP contribution in [0.15, 0.2) is 21.1 Å². The number of anilines is 1. The SMILES string of the molecule is NCC1CCCC1C(=O)Nc1c(Br)cc(Br)cc1C(=O)O. The fourth-order valence-electron chi connectivity index (χ4n) is 2.75. The number of amides is 1. The van der Waals surface area contributed by atoms with Crippen molar-refractivity contribution in [3.05, 3.63) is 26.6 Å². The minimum Gasteiger partial charge on any atom is -0.478 e. The van der Waals surface area contributed by atoms with E-state index in [4.69, 9.17) is 5.73 Å². The number of aromatic carboxylic acids is 1. The van der Waals surface area contributed by atoms with Crippen molar-refractivity contribution in [3.63, 3.8) is 0 Å². The lowest BCUT2D eigenvalue weighted by atomic mass is 9.95. The van der Waals surface area contributed by atoms with Crippen molar-refractivity contribution in [2.75, 3.05) is 11.9 Å². The van der Waals surface area contributed by atoms with Crippen molar-refractivity contribution >= 4 is 49.4 Å². The van der Waals surface area contributed by atoms with Crippen molar-refractivity contribution in [2.24, 2.45) is 17.6 Å². The van der Waals surface area contributed by atoms with Crippen LogP contribution in [-0.2, 0) is 4.79 Å². The van der Waals surface area contributed by atoms with Gasteiger partial charge in [0.05, 0.1) is 11.3 Å². The number of benzene rings is 1. The third-order valence-electron chi connectivity index (χ3n) is 3.83. The van der Waals surface area contributed by atoms with Gasteiger partial charge < -0.3 is 16.2 Å². The Bertz CT molecular complexity index is 578. The highest BCUT2D eigenvalue weighted by molar-refractivity contribution is 9.11. The molecular formula is C14H16Br2N2O3. The molecule has 21 heavy (non-hydrogen) atoms. The molecule has 1 saturated carbocycles. The second-order valence-electron chi connectivity index (χ2n) is 5.14. The van der Waals surface area contributed by atoms with Crippen molar-refractivity contribution in [2.45, 2.75) is 19.3 Å². The molecule has 2 rings (SSSR count). The monoisotopic (exact) mass is 418 g/mol. The fraction of sp³-hybridized carbons (Fsp3) is 0.429. The highest BCUT2D eigenvalue weighted by Gasteiger charge is 2.32. The number of carbonyl (C=O) groups is 2. The van der Waals surface area contributed by atoms with E-state index in [1.807, 2.05) is 0 Å². The van der Waals surface area contributed by atoms with Gasteiger partial charge >= 0.3 is 5.97 Å². The average molecular weight is 420 g/mol. The van der Waals surface area contributed by atoms with Gasteiger partial charge in [0.1, 0.15) is 0 Å². The maximum Gasteiger partial charge on any atom is 0.337 e. The van der Waals surface area contributed by atoms with E-state index in [1.54, 1.807) is 6.07 Å². The quantitative estimate of drug-likeness (QED) is 0.698. The van der Waals surface area contributed by atoms with Gasteiger partial charge in [-0.2, -0.15) is 0 Å². The summed E-state index contributed by atoms with van der Waals surface area (Å²) in [6.45, 7) is 0.478. The lowest BCUT2D eigenvalue weighted by Crippen LogP contribution is -2.30. The Hall–Kier alpha value is -0.920. The summed E-state index contributed by atoms with van der Waals surface area (Å²) < 4.78 is 1.16. The summed E-state index contributed by atoms with van der Waals surface area (Å²) in [6.07, 6.45) is 2.72. The van der Waals surface area contributed by atoms with Crippen LogP contribution >= 0.6 is 31.9 Å². The summed E-state index contributed by atoms with van der Waals surface area (Å²) in [5, 5.41) is 12.0. The first-order valence-corrected chi connectivity index (χ1v) is 8.26. The zero-order chi connectivity index (χ0) is 15.6. The summed E-state index contributed by atoms with van der Waals surface area (Å²) in [6, 6.07) is 3.18. The number of halogens is 2. The van der Waals surface area contributed by atoms with Crippen molar-refractivity contribution in [3.8, 4) is 0 Å². The first kappa shape index (κ1) is 16.5. The van der Waals surface area contributed by atoms with E-state index in [2.05, 4.69) is 37.2 Å². The molecule has 0 spiro atoms. The van der Waals surface area contributed by atoms with Gasteiger partial charge in [0.15, 0.2) is 0 Å². The van der Waals surface area contributed by atoms with Gasteiger partial charge in [-0.05, 0) is 53.4 Å². The third-order valence-corrected chi connectivity index (χ3v) is 4.92. The van der Waals surface area contributed by atoms with Gasteiger partial charge in [-0.25, -0.2) is 4.79 Å². The number of carboxylic acid groups (broad SMARTS) is 1. The first-order valence-electron chi connectivity index (χ1n) is 6.67. The zero-order valence-corrected chi connectivity index (χ0v) is 14.4. The number of carbonyl (C=O) groups excluding carboxylic acids is 1. The summed E-state index contributed by atoms with van der Waals surface area (Å²) in [7, 11) is 0. The molecule has 4 N–H and O–H groups in total. The highest BCUT2D eigenvalue weighted by Crippen LogP contribution is 2.35. The fourth-order valence-corrected chi connectivity index (χ4v) is 4.07. The Morgan fingerprint density at radius 3 is 2.67 bits per heavy atom. The molecule has 5 nitrogen and oxygen atoms in total. The molecule has 2 atom stereocenters. The Morgan fingerprint density at radius 1 is 1.33 bits per heavy atom. The lowest BCUT2D eigenvalue weighted by molar-refractivity contribution is -0.120. The van der Waals surface area contributed by atoms with E-state index in [1.165, 1.54) is 6.07 Å². The van der Waals surface area contributed by atoms with Gasteiger partial charge in [-0.15, -0.1) is 0 Å². The average Bonchev–Trinajstić information content (AvgIpc) is 2.89. The Labute approximate surface area is 139 Å². The minimum atomic E-state index is -1.09. The van der Waals surface area contributed by atoms with Crippen LogP contribution in [0.3, 0.4) is 0 Å². The third kappa shape index (κ3) is 3.64. The molecule has 2 unspecified atom stereocenters. The van der Waals surface area contributed by atoms with Crippen LogP contribution in [0.2, 0.25) is 0 Å². The summed E-state index contributed by atoms with van der Waals surface area (Å²) in [5.41, 5.74) is 6.03. The second kappa shape index (κ2) is 6.89. The van der Waals surface area contributed by atoms with E-state index < -0.39 is 5.97 Å². The first-order chi connectivity index (χ1) is 9.93. The maximum absolute atomic E-state index is 12.4. The zero-order valence-electron chi connectivity index (χ0n) is 11.2. The number of hydrogen-bond acceptors (Lipinski definition) is 3. The number of carboxylic acids is 1. The molecule has 1 amide bonds. The molecule has 1 aromatic rings. The molecule has 1 aliphatic carbocycles. The summed E-state index contributed by atoms with van der Waals surface area (Å²) >= 11 is 6.55. The molecule has 1 aromatic carbocycles. The number of nitrogens with one attached hydrogen (secondary N) is 1. The molecule has 0 heterocycles. The topological polar surface area (TPSA) is 92.4 Å². The molecule has 114 valence electrons. The smallest absolute Gasteiger partial charge is 0.337 e. The summed E-state index contributed by atoms with van der Waals surface area (Å²) in [5.74, 6) is -1.22. The largest absolute Gasteiger partial charge is 0.478 e. The van der Waals surface area contributed by atoms with Crippen LogP contribution in [0.5, 0.6) is 0 Å². The van der Waals surface area contributed by atoms with E-state index >= 15 is 0 Å². The molecule has 0 radical (unpaired) electrons. The molecule has 0 aliphatic heterocycles. The molecular weight excluding hydrogens is 404 g/mol. The normalized spacial score (nSPS) is 21.3. The standard InChI is InChI=1S/C14H16Br2N2O3/c15-8-4-10(14(20)21)12(11(16)5-8)18-13(19)9-3-1-2-7(9)6-17/h4-5,7,9H,1-3,6,17H2,(H,18,19)(H,20,21). The Balaban J connectivity index is 2.27. The molecule has 7 heteroatoms. The highest BCUT2D eigenvalue weighted by atomic mass is 79.9. The van der Waals surface area contributed by atoms with Crippen LogP contribution in [0, 0.1) is 11.8 Å². The second-order valence-corrected chi connectivity index (χ2v) is 6.91.